The smallest absolute Gasteiger partial charge is 0.339 e. The Bertz CT molecular complexity index is 804. The quantitative estimate of drug-likeness (QED) is 0.458. The van der Waals surface area contributed by atoms with E-state index in [1.54, 1.807) is 0 Å². The molecule has 0 radical (unpaired) electrons. The Morgan fingerprint density at radius 1 is 1.42 bits per heavy atom. The number of rotatable bonds is 5. The van der Waals surface area contributed by atoms with Gasteiger partial charge in [-0.25, -0.2) is 13.2 Å². The van der Waals surface area contributed by atoms with Crippen LogP contribution in [0.3, 0.4) is 0 Å². The van der Waals surface area contributed by atoms with Gasteiger partial charge in [0.05, 0.1) is 17.6 Å². The Morgan fingerprint density at radius 2 is 2.08 bits per heavy atom. The van der Waals surface area contributed by atoms with Gasteiger partial charge in [0, 0.05) is 18.7 Å². The van der Waals surface area contributed by atoms with Crippen molar-refractivity contribution < 1.29 is 32.8 Å². The van der Waals surface area contributed by atoms with Crippen molar-refractivity contribution in [3.8, 4) is 0 Å². The molecule has 0 saturated carbocycles. The third kappa shape index (κ3) is 3.08. The summed E-state index contributed by atoms with van der Waals surface area (Å²) in [5.74, 6) is -2.31. The van der Waals surface area contributed by atoms with Gasteiger partial charge in [-0.1, -0.05) is 0 Å². The van der Waals surface area contributed by atoms with Gasteiger partial charge in [0.2, 0.25) is 10.0 Å². The Balaban J connectivity index is 2.63. The van der Waals surface area contributed by atoms with Gasteiger partial charge < -0.3 is 9.84 Å². The molecule has 0 amide bonds. The molecule has 1 heterocycles. The first kappa shape index (κ1) is 17.8. The zero-order valence-corrected chi connectivity index (χ0v) is 13.4. The van der Waals surface area contributed by atoms with Crippen LogP contribution in [-0.4, -0.2) is 54.4 Å². The molecule has 1 aliphatic rings. The minimum absolute atomic E-state index is 0.0530. The number of non-ortho nitro benzene ring substituents is 1. The molecule has 130 valence electrons. The molecule has 0 spiro atoms. The second kappa shape index (κ2) is 6.53. The molecule has 0 aromatic heterocycles. The molecule has 2 rings (SSSR count). The van der Waals surface area contributed by atoms with Gasteiger partial charge in [-0.15, -0.1) is 0 Å². The minimum Gasteiger partial charge on any atom is -0.480 e. The van der Waals surface area contributed by atoms with Crippen molar-refractivity contribution in [1.29, 1.82) is 0 Å². The molecule has 11 heteroatoms. The lowest BCUT2D eigenvalue weighted by atomic mass is 10.2. The molecule has 1 fully saturated rings. The van der Waals surface area contributed by atoms with Crippen molar-refractivity contribution >= 4 is 27.6 Å². The maximum atomic E-state index is 12.8. The molecule has 10 nitrogen and oxygen atoms in total. The van der Waals surface area contributed by atoms with E-state index in [2.05, 4.69) is 4.74 Å². The van der Waals surface area contributed by atoms with Crippen molar-refractivity contribution in [3.63, 3.8) is 0 Å². The number of sulfonamides is 1. The molecule has 1 N–H and O–H groups in total. The second-order valence-corrected chi connectivity index (χ2v) is 6.90. The van der Waals surface area contributed by atoms with Crippen molar-refractivity contribution in [2.45, 2.75) is 23.8 Å². The fourth-order valence-electron chi connectivity index (χ4n) is 2.52. The number of hydrogen-bond donors (Lipinski definition) is 1. The van der Waals surface area contributed by atoms with Crippen LogP contribution >= 0.6 is 0 Å². The number of carboxylic acid groups (broad SMARTS) is 1. The summed E-state index contributed by atoms with van der Waals surface area (Å²) < 4.78 is 30.8. The summed E-state index contributed by atoms with van der Waals surface area (Å²) in [5, 5.41) is 20.1. The van der Waals surface area contributed by atoms with E-state index in [4.69, 9.17) is 5.11 Å². The normalized spacial score (nSPS) is 18.3. The highest BCUT2D eigenvalue weighted by molar-refractivity contribution is 7.89. The highest BCUT2D eigenvalue weighted by Crippen LogP contribution is 2.30. The molecule has 0 unspecified atom stereocenters. The number of nitro groups is 1. The van der Waals surface area contributed by atoms with E-state index >= 15 is 0 Å². The van der Waals surface area contributed by atoms with Crippen LogP contribution in [0, 0.1) is 10.1 Å². The average molecular weight is 358 g/mol. The number of carboxylic acids is 1. The summed E-state index contributed by atoms with van der Waals surface area (Å²) in [6.45, 7) is -0.0530. The van der Waals surface area contributed by atoms with E-state index in [9.17, 15) is 28.1 Å². The number of ether oxygens (including phenoxy) is 1. The molecule has 0 aliphatic carbocycles. The first-order valence-electron chi connectivity index (χ1n) is 6.81. The SMILES string of the molecule is COC(=O)c1ccc([N+](=O)[O-])cc1S(=O)(=O)N1CCC[C@@H]1C(=O)O. The summed E-state index contributed by atoms with van der Waals surface area (Å²) in [4.78, 5) is 32.5. The summed E-state index contributed by atoms with van der Waals surface area (Å²) >= 11 is 0. The van der Waals surface area contributed by atoms with Crippen LogP contribution in [-0.2, 0) is 19.6 Å². The molecule has 0 bridgehead atoms. The third-order valence-electron chi connectivity index (χ3n) is 3.66. The highest BCUT2D eigenvalue weighted by Gasteiger charge is 2.41. The summed E-state index contributed by atoms with van der Waals surface area (Å²) in [5.41, 5.74) is -0.925. The second-order valence-electron chi connectivity index (χ2n) is 5.04. The lowest BCUT2D eigenvalue weighted by molar-refractivity contribution is -0.385. The van der Waals surface area contributed by atoms with E-state index in [1.807, 2.05) is 0 Å². The number of esters is 1. The largest absolute Gasteiger partial charge is 0.480 e. The predicted octanol–water partition coefficient (Wildman–Crippen LogP) is 0.619. The predicted molar refractivity (Wildman–Crippen MR) is 79.0 cm³/mol. The van der Waals surface area contributed by atoms with Crippen molar-refractivity contribution in [2.75, 3.05) is 13.7 Å². The van der Waals surface area contributed by atoms with Crippen LogP contribution < -0.4 is 0 Å². The summed E-state index contributed by atoms with van der Waals surface area (Å²) in [7, 11) is -3.39. The Labute approximate surface area is 136 Å². The van der Waals surface area contributed by atoms with Crippen molar-refractivity contribution in [1.82, 2.24) is 4.31 Å². The van der Waals surface area contributed by atoms with Gasteiger partial charge in [-0.3, -0.25) is 14.9 Å². The van der Waals surface area contributed by atoms with Gasteiger partial charge in [-0.2, -0.15) is 4.31 Å². The number of hydrogen-bond acceptors (Lipinski definition) is 7. The summed E-state index contributed by atoms with van der Waals surface area (Å²) in [6, 6.07) is 1.41. The van der Waals surface area contributed by atoms with Crippen LogP contribution in [0.2, 0.25) is 0 Å². The van der Waals surface area contributed by atoms with Crippen molar-refractivity contribution in [3.05, 3.63) is 33.9 Å². The lowest BCUT2D eigenvalue weighted by Gasteiger charge is -2.21. The number of aliphatic carboxylic acids is 1. The molecule has 1 atom stereocenters. The Hall–Kier alpha value is -2.53. The lowest BCUT2D eigenvalue weighted by Crippen LogP contribution is -2.40. The topological polar surface area (TPSA) is 144 Å². The number of nitrogens with zero attached hydrogens (tertiary/aromatic N) is 2. The zero-order valence-electron chi connectivity index (χ0n) is 12.5. The highest BCUT2D eigenvalue weighted by atomic mass is 32.2. The van der Waals surface area contributed by atoms with Crippen LogP contribution in [0.15, 0.2) is 23.1 Å². The fourth-order valence-corrected chi connectivity index (χ4v) is 4.37. The first-order chi connectivity index (χ1) is 11.2. The number of nitro benzene ring substituents is 1. The van der Waals surface area contributed by atoms with Gasteiger partial charge in [0.15, 0.2) is 0 Å². The molecular formula is C13H14N2O8S. The van der Waals surface area contributed by atoms with Crippen LogP contribution in [0.1, 0.15) is 23.2 Å². The minimum atomic E-state index is -4.43. The monoisotopic (exact) mass is 358 g/mol. The van der Waals surface area contributed by atoms with E-state index in [0.717, 1.165) is 29.6 Å². The molecule has 24 heavy (non-hydrogen) atoms. The average Bonchev–Trinajstić information content (AvgIpc) is 3.04. The van der Waals surface area contributed by atoms with Crippen LogP contribution in [0.4, 0.5) is 5.69 Å². The maximum Gasteiger partial charge on any atom is 0.339 e. The number of benzene rings is 1. The van der Waals surface area contributed by atoms with E-state index < -0.39 is 43.5 Å². The Kier molecular flexibility index (Phi) is 4.85. The first-order valence-corrected chi connectivity index (χ1v) is 8.25. The zero-order chi connectivity index (χ0) is 18.1. The molecule has 1 saturated heterocycles. The standard InChI is InChI=1S/C13H14N2O8S/c1-23-13(18)9-5-4-8(15(19)20)7-11(9)24(21,22)14-6-2-3-10(14)12(16)17/h4-5,7,10H,2-3,6H2,1H3,(H,16,17)/t10-/m1/s1. The molecular weight excluding hydrogens is 344 g/mol. The molecule has 1 aromatic carbocycles. The van der Waals surface area contributed by atoms with Gasteiger partial charge >= 0.3 is 11.9 Å². The molecule has 1 aromatic rings. The van der Waals surface area contributed by atoms with E-state index in [-0.39, 0.29) is 18.5 Å². The van der Waals surface area contributed by atoms with Crippen LogP contribution in [0.5, 0.6) is 0 Å². The maximum absolute atomic E-state index is 12.8. The number of methoxy groups -OCH3 is 1. The van der Waals surface area contributed by atoms with Gasteiger partial charge in [-0.05, 0) is 18.9 Å². The fraction of sp³-hybridized carbons (Fsp3) is 0.385. The van der Waals surface area contributed by atoms with Gasteiger partial charge in [0.1, 0.15) is 10.9 Å². The van der Waals surface area contributed by atoms with Crippen LogP contribution in [0.25, 0.3) is 0 Å². The van der Waals surface area contributed by atoms with E-state index in [1.165, 1.54) is 0 Å². The third-order valence-corrected chi connectivity index (χ3v) is 5.60. The Morgan fingerprint density at radius 3 is 2.62 bits per heavy atom. The number of carbonyl (C=O) groups is 2. The summed E-state index contributed by atoms with van der Waals surface area (Å²) in [6.07, 6.45) is 0.454. The van der Waals surface area contributed by atoms with E-state index in [0.29, 0.717) is 6.42 Å². The van der Waals surface area contributed by atoms with Gasteiger partial charge in [0.25, 0.3) is 5.69 Å². The molecule has 1 aliphatic heterocycles. The van der Waals surface area contributed by atoms with Crippen molar-refractivity contribution in [2.24, 2.45) is 0 Å². The number of carbonyl (C=O) groups excluding carboxylic acids is 1.